The molecule has 0 saturated heterocycles. The van der Waals surface area contributed by atoms with Gasteiger partial charge in [-0.1, -0.05) is 0 Å². The molecule has 0 aliphatic rings. The number of carbonyl (C=O) groups is 2. The van der Waals surface area contributed by atoms with Crippen LogP contribution in [0.5, 0.6) is 23.0 Å². The molecule has 0 fully saturated rings. The lowest BCUT2D eigenvalue weighted by atomic mass is 10.2. The van der Waals surface area contributed by atoms with Gasteiger partial charge in [-0.05, 0) is 62.7 Å². The van der Waals surface area contributed by atoms with Gasteiger partial charge in [0.15, 0.2) is 29.6 Å². The van der Waals surface area contributed by atoms with Gasteiger partial charge in [-0.2, -0.15) is 5.10 Å². The second-order valence-electron chi connectivity index (χ2n) is 6.12. The number of rotatable bonds is 12. The van der Waals surface area contributed by atoms with Gasteiger partial charge in [0.25, 0.3) is 11.8 Å². The Morgan fingerprint density at radius 3 is 2.10 bits per heavy atom. The van der Waals surface area contributed by atoms with E-state index in [1.54, 1.807) is 36.4 Å². The zero-order valence-electron chi connectivity index (χ0n) is 17.8. The van der Waals surface area contributed by atoms with Crippen LogP contribution in [0.4, 0.5) is 0 Å². The summed E-state index contributed by atoms with van der Waals surface area (Å²) in [6.07, 6.45) is 1.47. The molecule has 0 radical (unpaired) electrons. The van der Waals surface area contributed by atoms with E-state index in [1.807, 2.05) is 20.8 Å². The quantitative estimate of drug-likeness (QED) is 0.395. The summed E-state index contributed by atoms with van der Waals surface area (Å²) in [6.45, 7) is 6.65. The minimum absolute atomic E-state index is 0.255. The number of hydrogen-bond acceptors (Lipinski definition) is 7. The normalized spacial score (nSPS) is 10.5. The first-order valence-electron chi connectivity index (χ1n) is 9.89. The largest absolute Gasteiger partial charge is 0.490 e. The molecule has 0 saturated carbocycles. The Hall–Kier alpha value is -3.75. The molecule has 0 spiro atoms. The van der Waals surface area contributed by atoms with Crippen LogP contribution in [0, 0.1) is 0 Å². The molecule has 0 aromatic heterocycles. The first-order valence-corrected chi connectivity index (χ1v) is 9.89. The highest BCUT2D eigenvalue weighted by atomic mass is 16.5. The van der Waals surface area contributed by atoms with Crippen LogP contribution in [0.25, 0.3) is 0 Å². The highest BCUT2D eigenvalue weighted by Gasteiger charge is 2.11. The minimum Gasteiger partial charge on any atom is -0.490 e. The Bertz CT molecular complexity index is 929. The predicted octanol–water partition coefficient (Wildman–Crippen LogP) is 2.51. The Morgan fingerprint density at radius 1 is 0.871 bits per heavy atom. The van der Waals surface area contributed by atoms with E-state index in [0.29, 0.717) is 53.9 Å². The van der Waals surface area contributed by atoms with Crippen molar-refractivity contribution in [3.8, 4) is 23.0 Å². The van der Waals surface area contributed by atoms with Crippen LogP contribution in [-0.2, 0) is 4.79 Å². The summed E-state index contributed by atoms with van der Waals surface area (Å²) < 4.78 is 21.9. The van der Waals surface area contributed by atoms with Gasteiger partial charge in [0.05, 0.1) is 26.0 Å². The fourth-order valence-electron chi connectivity index (χ4n) is 2.56. The predicted molar refractivity (Wildman–Crippen MR) is 116 cm³/mol. The molecule has 0 atom stereocenters. The highest BCUT2D eigenvalue weighted by Crippen LogP contribution is 2.29. The Kier molecular flexibility index (Phi) is 9.15. The third-order valence-electron chi connectivity index (χ3n) is 3.82. The van der Waals surface area contributed by atoms with E-state index in [1.165, 1.54) is 6.21 Å². The maximum atomic E-state index is 12.4. The van der Waals surface area contributed by atoms with E-state index in [0.717, 1.165) is 0 Å². The van der Waals surface area contributed by atoms with Gasteiger partial charge in [0, 0.05) is 5.56 Å². The van der Waals surface area contributed by atoms with Gasteiger partial charge in [-0.15, -0.1) is 0 Å². The van der Waals surface area contributed by atoms with Crippen LogP contribution < -0.4 is 30.1 Å². The van der Waals surface area contributed by atoms with E-state index in [-0.39, 0.29) is 6.61 Å². The van der Waals surface area contributed by atoms with Crippen LogP contribution >= 0.6 is 0 Å². The van der Waals surface area contributed by atoms with Gasteiger partial charge in [-0.25, -0.2) is 5.43 Å². The first kappa shape index (κ1) is 23.5. The molecule has 2 amide bonds. The van der Waals surface area contributed by atoms with Crippen molar-refractivity contribution in [1.29, 1.82) is 0 Å². The van der Waals surface area contributed by atoms with Crippen molar-refractivity contribution in [2.45, 2.75) is 20.8 Å². The number of ether oxygens (including phenoxy) is 4. The molecule has 9 heteroatoms. The number of benzene rings is 2. The summed E-state index contributed by atoms with van der Waals surface area (Å²) in [6, 6.07) is 9.95. The van der Waals surface area contributed by atoms with Crippen molar-refractivity contribution in [2.75, 3.05) is 26.4 Å². The van der Waals surface area contributed by atoms with Crippen LogP contribution in [0.3, 0.4) is 0 Å². The fourth-order valence-corrected chi connectivity index (χ4v) is 2.56. The van der Waals surface area contributed by atoms with Gasteiger partial charge in [-0.3, -0.25) is 9.59 Å². The number of hydrazone groups is 1. The molecule has 0 heterocycles. The summed E-state index contributed by atoms with van der Waals surface area (Å²) in [5.74, 6) is 0.913. The van der Waals surface area contributed by atoms with Crippen molar-refractivity contribution >= 4 is 18.0 Å². The smallest absolute Gasteiger partial charge is 0.271 e. The molecule has 3 N–H and O–H groups in total. The molecule has 0 aliphatic carbocycles. The molecule has 0 unspecified atom stereocenters. The zero-order chi connectivity index (χ0) is 22.6. The number of primary amides is 1. The first-order chi connectivity index (χ1) is 15.0. The fraction of sp³-hybridized carbons (Fsp3) is 0.318. The maximum Gasteiger partial charge on any atom is 0.271 e. The van der Waals surface area contributed by atoms with Crippen molar-refractivity contribution in [1.82, 2.24) is 5.43 Å². The lowest BCUT2D eigenvalue weighted by Gasteiger charge is -2.12. The number of amides is 2. The monoisotopic (exact) mass is 429 g/mol. The van der Waals surface area contributed by atoms with Gasteiger partial charge in [0.1, 0.15) is 0 Å². The van der Waals surface area contributed by atoms with Crippen molar-refractivity contribution in [2.24, 2.45) is 10.8 Å². The lowest BCUT2D eigenvalue weighted by Crippen LogP contribution is -2.20. The van der Waals surface area contributed by atoms with E-state index in [2.05, 4.69) is 10.5 Å². The maximum absolute atomic E-state index is 12.4. The average Bonchev–Trinajstić information content (AvgIpc) is 2.74. The molecular formula is C22H27N3O6. The Labute approximate surface area is 181 Å². The van der Waals surface area contributed by atoms with Crippen molar-refractivity contribution < 1.29 is 28.5 Å². The summed E-state index contributed by atoms with van der Waals surface area (Å²) in [7, 11) is 0. The number of nitrogens with one attached hydrogen (secondary N) is 1. The molecule has 2 aromatic rings. The molecule has 2 rings (SSSR count). The summed E-state index contributed by atoms with van der Waals surface area (Å²) in [4.78, 5) is 23.3. The number of nitrogens with zero attached hydrogens (tertiary/aromatic N) is 1. The zero-order valence-corrected chi connectivity index (χ0v) is 17.8. The Balaban J connectivity index is 2.08. The van der Waals surface area contributed by atoms with E-state index in [4.69, 9.17) is 24.7 Å². The Morgan fingerprint density at radius 2 is 1.45 bits per heavy atom. The summed E-state index contributed by atoms with van der Waals surface area (Å²) in [5, 5.41) is 3.99. The molecule has 31 heavy (non-hydrogen) atoms. The van der Waals surface area contributed by atoms with Gasteiger partial charge >= 0.3 is 0 Å². The minimum atomic E-state index is -0.586. The number of nitrogens with two attached hydrogens (primary N) is 1. The second-order valence-corrected chi connectivity index (χ2v) is 6.12. The van der Waals surface area contributed by atoms with Crippen LogP contribution in [-0.4, -0.2) is 44.5 Å². The second kappa shape index (κ2) is 12.1. The van der Waals surface area contributed by atoms with Gasteiger partial charge < -0.3 is 24.7 Å². The standard InChI is InChI=1S/C22H27N3O6/c1-4-28-17-10-8-16(12-20(17)30-6-3)22(27)25-24-13-15-7-9-18(31-14-21(23)26)19(11-15)29-5-2/h7-13H,4-6,14H2,1-3H3,(H2,23,26)(H,25,27)/b24-13+. The van der Waals surface area contributed by atoms with E-state index >= 15 is 0 Å². The van der Waals surface area contributed by atoms with Crippen molar-refractivity contribution in [3.63, 3.8) is 0 Å². The highest BCUT2D eigenvalue weighted by molar-refractivity contribution is 5.95. The molecule has 2 aromatic carbocycles. The van der Waals surface area contributed by atoms with Crippen LogP contribution in [0.1, 0.15) is 36.7 Å². The molecular weight excluding hydrogens is 402 g/mol. The lowest BCUT2D eigenvalue weighted by molar-refractivity contribution is -0.119. The van der Waals surface area contributed by atoms with Gasteiger partial charge in [0.2, 0.25) is 0 Å². The third-order valence-corrected chi connectivity index (χ3v) is 3.82. The van der Waals surface area contributed by atoms with Crippen molar-refractivity contribution in [3.05, 3.63) is 47.5 Å². The molecule has 0 aliphatic heterocycles. The van der Waals surface area contributed by atoms with Crippen LogP contribution in [0.15, 0.2) is 41.5 Å². The SMILES string of the molecule is CCOc1ccc(C(=O)N/N=C/c2ccc(OCC(N)=O)c(OCC)c2)cc1OCC. The average molecular weight is 429 g/mol. The van der Waals surface area contributed by atoms with Crippen LogP contribution in [0.2, 0.25) is 0 Å². The topological polar surface area (TPSA) is 121 Å². The van der Waals surface area contributed by atoms with E-state index in [9.17, 15) is 9.59 Å². The van der Waals surface area contributed by atoms with E-state index < -0.39 is 11.8 Å². The molecule has 166 valence electrons. The third kappa shape index (κ3) is 7.22. The number of carbonyl (C=O) groups excluding carboxylic acids is 2. The summed E-state index contributed by atoms with van der Waals surface area (Å²) >= 11 is 0. The molecule has 0 bridgehead atoms. The number of hydrogen-bond donors (Lipinski definition) is 2. The molecule has 9 nitrogen and oxygen atoms in total. The summed E-state index contributed by atoms with van der Waals surface area (Å²) in [5.41, 5.74) is 8.63.